The molecule has 1 aromatic carbocycles. The molecule has 2 N–H and O–H groups in total. The van der Waals surface area contributed by atoms with Crippen molar-refractivity contribution in [2.45, 2.75) is 33.3 Å². The van der Waals surface area contributed by atoms with E-state index < -0.39 is 0 Å². The van der Waals surface area contributed by atoms with Gasteiger partial charge < -0.3 is 10.5 Å². The van der Waals surface area contributed by atoms with E-state index in [-0.39, 0.29) is 5.60 Å². The molecule has 0 radical (unpaired) electrons. The molecule has 0 fully saturated rings. The van der Waals surface area contributed by atoms with E-state index in [1.54, 1.807) is 0 Å². The Morgan fingerprint density at radius 1 is 1.28 bits per heavy atom. The molecule has 3 nitrogen and oxygen atoms in total. The number of hydrogen-bond acceptors (Lipinski definition) is 4. The van der Waals surface area contributed by atoms with Gasteiger partial charge in [0.25, 0.3) is 0 Å². The highest BCUT2D eigenvalue weighted by atomic mass is 32.1. The van der Waals surface area contributed by atoms with E-state index >= 15 is 0 Å². The van der Waals surface area contributed by atoms with Gasteiger partial charge in [-0.15, -0.1) is 0 Å². The number of nitrogens with zero attached hydrogens (tertiary/aromatic N) is 1. The van der Waals surface area contributed by atoms with Crippen molar-refractivity contribution < 1.29 is 4.74 Å². The number of benzene rings is 1. The molecule has 4 heteroatoms. The molecule has 1 aromatic heterocycles. The van der Waals surface area contributed by atoms with Crippen molar-refractivity contribution in [2.24, 2.45) is 0 Å². The minimum atomic E-state index is -0.363. The van der Waals surface area contributed by atoms with Crippen LogP contribution >= 0.6 is 11.3 Å². The van der Waals surface area contributed by atoms with Crippen molar-refractivity contribution in [3.63, 3.8) is 0 Å². The first-order chi connectivity index (χ1) is 8.38. The van der Waals surface area contributed by atoms with E-state index in [0.29, 0.717) is 5.13 Å². The van der Waals surface area contributed by atoms with Gasteiger partial charge in [-0.25, -0.2) is 4.98 Å². The van der Waals surface area contributed by atoms with Gasteiger partial charge in [0.2, 0.25) is 0 Å². The van der Waals surface area contributed by atoms with Crippen molar-refractivity contribution in [1.29, 1.82) is 0 Å². The molecule has 1 aliphatic rings. The average Bonchev–Trinajstić information content (AvgIpc) is 2.58. The van der Waals surface area contributed by atoms with Gasteiger partial charge in [-0.1, -0.05) is 17.4 Å². The van der Waals surface area contributed by atoms with Crippen LogP contribution in [0.15, 0.2) is 12.1 Å². The average molecular weight is 260 g/mol. The number of hydrogen-bond donors (Lipinski definition) is 1. The highest BCUT2D eigenvalue weighted by molar-refractivity contribution is 7.16. The third-order valence-corrected chi connectivity index (χ3v) is 4.43. The van der Waals surface area contributed by atoms with Crippen LogP contribution in [0.4, 0.5) is 5.13 Å². The van der Waals surface area contributed by atoms with Crippen LogP contribution in [-0.2, 0) is 5.60 Å². The fourth-order valence-corrected chi connectivity index (χ4v) is 3.43. The smallest absolute Gasteiger partial charge is 0.180 e. The van der Waals surface area contributed by atoms with Crippen molar-refractivity contribution in [3.05, 3.63) is 28.1 Å². The summed E-state index contributed by atoms with van der Waals surface area (Å²) in [7, 11) is 0. The molecule has 2 aromatic rings. The second-order valence-electron chi connectivity index (χ2n) is 5.30. The molecule has 0 unspecified atom stereocenters. The third kappa shape index (κ3) is 1.52. The maximum absolute atomic E-state index is 6.14. The van der Waals surface area contributed by atoms with Crippen LogP contribution in [0.5, 0.6) is 5.75 Å². The van der Waals surface area contributed by atoms with E-state index in [9.17, 15) is 0 Å². The Morgan fingerprint density at radius 3 is 2.72 bits per heavy atom. The number of fused-ring (bicyclic) bond motifs is 3. The number of aryl methyl sites for hydroxylation is 2. The molecule has 0 spiro atoms. The van der Waals surface area contributed by atoms with E-state index in [4.69, 9.17) is 10.5 Å². The number of anilines is 1. The summed E-state index contributed by atoms with van der Waals surface area (Å²) in [6.45, 7) is 8.29. The molecule has 2 heterocycles. The summed E-state index contributed by atoms with van der Waals surface area (Å²) in [5.74, 6) is 0.912. The van der Waals surface area contributed by atoms with E-state index in [2.05, 4.69) is 44.8 Å². The summed E-state index contributed by atoms with van der Waals surface area (Å²) in [6.07, 6.45) is 0. The van der Waals surface area contributed by atoms with Crippen LogP contribution in [0.3, 0.4) is 0 Å². The summed E-state index contributed by atoms with van der Waals surface area (Å²) in [4.78, 5) is 5.61. The van der Waals surface area contributed by atoms with Crippen LogP contribution in [0.25, 0.3) is 11.3 Å². The largest absolute Gasteiger partial charge is 0.482 e. The SMILES string of the molecule is Cc1cc(C)c2c(c1)OC(C)(C)c1sc(N)nc1-2. The van der Waals surface area contributed by atoms with Crippen molar-refractivity contribution in [3.8, 4) is 17.0 Å². The standard InChI is InChI=1S/C14H16N2OS/c1-7-5-8(2)10-9(6-7)17-14(3,4)12-11(10)16-13(15)18-12/h5-6H,1-4H3,(H2,15,16). The van der Waals surface area contributed by atoms with Gasteiger partial charge in [0.15, 0.2) is 5.13 Å². The van der Waals surface area contributed by atoms with Crippen molar-refractivity contribution >= 4 is 16.5 Å². The predicted octanol–water partition coefficient (Wildman–Crippen LogP) is 3.64. The normalized spacial score (nSPS) is 15.8. The first-order valence-corrected chi connectivity index (χ1v) is 6.77. The number of ether oxygens (including phenoxy) is 1. The van der Waals surface area contributed by atoms with E-state index in [1.165, 1.54) is 22.5 Å². The van der Waals surface area contributed by atoms with Crippen LogP contribution in [0.2, 0.25) is 0 Å². The summed E-state index contributed by atoms with van der Waals surface area (Å²) in [5, 5.41) is 0.601. The zero-order valence-corrected chi connectivity index (χ0v) is 11.8. The van der Waals surface area contributed by atoms with Crippen LogP contribution in [0.1, 0.15) is 29.9 Å². The lowest BCUT2D eigenvalue weighted by molar-refractivity contribution is 0.109. The Labute approximate surface area is 111 Å². The second kappa shape index (κ2) is 3.48. The molecule has 0 aliphatic carbocycles. The first-order valence-electron chi connectivity index (χ1n) is 5.96. The van der Waals surface area contributed by atoms with Crippen LogP contribution in [0, 0.1) is 13.8 Å². The number of rotatable bonds is 0. The maximum atomic E-state index is 6.14. The summed E-state index contributed by atoms with van der Waals surface area (Å²) in [5.41, 5.74) is 9.97. The Balaban J connectivity index is 2.36. The fraction of sp³-hybridized carbons (Fsp3) is 0.357. The lowest BCUT2D eigenvalue weighted by atomic mass is 9.93. The topological polar surface area (TPSA) is 48.1 Å². The maximum Gasteiger partial charge on any atom is 0.180 e. The van der Waals surface area contributed by atoms with Gasteiger partial charge >= 0.3 is 0 Å². The molecule has 0 saturated heterocycles. The molecule has 1 aliphatic heterocycles. The van der Waals surface area contributed by atoms with E-state index in [0.717, 1.165) is 21.9 Å². The Morgan fingerprint density at radius 2 is 2.00 bits per heavy atom. The molecular formula is C14H16N2OS. The third-order valence-electron chi connectivity index (χ3n) is 3.24. The molecule has 94 valence electrons. The summed E-state index contributed by atoms with van der Waals surface area (Å²) < 4.78 is 6.14. The zero-order valence-electron chi connectivity index (χ0n) is 11.0. The van der Waals surface area contributed by atoms with Crippen LogP contribution < -0.4 is 10.5 Å². The minimum absolute atomic E-state index is 0.363. The molecule has 18 heavy (non-hydrogen) atoms. The van der Waals surface area contributed by atoms with Gasteiger partial charge in [-0.3, -0.25) is 0 Å². The van der Waals surface area contributed by atoms with Gasteiger partial charge in [0.05, 0.1) is 10.6 Å². The van der Waals surface area contributed by atoms with Gasteiger partial charge in [0.1, 0.15) is 11.4 Å². The number of aromatic nitrogens is 1. The predicted molar refractivity (Wildman–Crippen MR) is 75.1 cm³/mol. The van der Waals surface area contributed by atoms with Crippen molar-refractivity contribution in [1.82, 2.24) is 4.98 Å². The highest BCUT2D eigenvalue weighted by Crippen LogP contribution is 2.49. The number of thiazole rings is 1. The van der Waals surface area contributed by atoms with Crippen LogP contribution in [-0.4, -0.2) is 4.98 Å². The minimum Gasteiger partial charge on any atom is -0.482 e. The summed E-state index contributed by atoms with van der Waals surface area (Å²) >= 11 is 1.52. The highest BCUT2D eigenvalue weighted by Gasteiger charge is 2.36. The Hall–Kier alpha value is -1.55. The molecule has 0 saturated carbocycles. The molecule has 0 atom stereocenters. The molecule has 0 bridgehead atoms. The summed E-state index contributed by atoms with van der Waals surface area (Å²) in [6, 6.07) is 4.22. The number of nitrogens with two attached hydrogens (primary N) is 1. The van der Waals surface area contributed by atoms with Gasteiger partial charge in [-0.2, -0.15) is 0 Å². The zero-order chi connectivity index (χ0) is 13.1. The lowest BCUT2D eigenvalue weighted by Crippen LogP contribution is -2.28. The lowest BCUT2D eigenvalue weighted by Gasteiger charge is -2.32. The Kier molecular flexibility index (Phi) is 2.23. The first kappa shape index (κ1) is 11.5. The fourth-order valence-electron chi connectivity index (χ4n) is 2.55. The molecule has 3 rings (SSSR count). The van der Waals surface area contributed by atoms with Crippen molar-refractivity contribution in [2.75, 3.05) is 5.73 Å². The van der Waals surface area contributed by atoms with E-state index in [1.807, 2.05) is 0 Å². The Bertz CT molecular complexity index is 643. The quantitative estimate of drug-likeness (QED) is 0.786. The molecular weight excluding hydrogens is 244 g/mol. The number of nitrogen functional groups attached to an aromatic ring is 1. The monoisotopic (exact) mass is 260 g/mol. The second-order valence-corrected chi connectivity index (χ2v) is 6.33. The van der Waals surface area contributed by atoms with Gasteiger partial charge in [-0.05, 0) is 44.9 Å². The van der Waals surface area contributed by atoms with Gasteiger partial charge in [0, 0.05) is 5.56 Å². The molecule has 0 amide bonds.